The lowest BCUT2D eigenvalue weighted by Crippen LogP contribution is -3.00. The first-order valence-corrected chi connectivity index (χ1v) is 17.0. The molecule has 171 valence electrons. The normalized spacial score (nSPS) is 14.4. The first-order valence-electron chi connectivity index (χ1n) is 10.1. The number of halogens is 3. The maximum absolute atomic E-state index is 5.94. The Balaban J connectivity index is 0.00000363. The lowest BCUT2D eigenvalue weighted by atomic mass is 10.2. The minimum absolute atomic E-state index is 0. The standard InChI is InChI=1S/C17H26B2I2N8P2.BrH/c1-14(11-30-19-20)5-28-9-16(22-24-28)7-26-3-4-27(13-26)8-17-10-29(25-23-17)6-15(2)12-31(18)21;/h3-4,9-10,13-15,30H,5-8,11-12H2,1-2H3;1H/q+1;/p-1. The molecule has 0 bridgehead atoms. The third-order valence-corrected chi connectivity index (χ3v) is 9.20. The maximum atomic E-state index is 5.94. The molecule has 4 atom stereocenters. The molecule has 3 rings (SSSR count). The van der Waals surface area contributed by atoms with Gasteiger partial charge in [0.1, 0.15) is 44.4 Å². The van der Waals surface area contributed by atoms with E-state index < -0.39 is 5.44 Å². The highest BCUT2D eigenvalue weighted by Gasteiger charge is 2.13. The van der Waals surface area contributed by atoms with E-state index in [0.29, 0.717) is 24.9 Å². The van der Waals surface area contributed by atoms with Crippen molar-refractivity contribution in [3.05, 3.63) is 42.5 Å². The van der Waals surface area contributed by atoms with Crippen LogP contribution in [0.5, 0.6) is 0 Å². The SMILES string of the molecule is [B]P(I)CC(C)Cn1cc(C[n+]2ccn(Cc3cn(CC(C)CP[B]I)nn3)c2)nn1.[Br-]. The fourth-order valence-electron chi connectivity index (χ4n) is 3.30. The van der Waals surface area contributed by atoms with Gasteiger partial charge < -0.3 is 17.0 Å². The molecule has 0 amide bonds. The summed E-state index contributed by atoms with van der Waals surface area (Å²) in [6.07, 6.45) is 12.5. The average Bonchev–Trinajstić information content (AvgIpc) is 3.43. The molecule has 8 nitrogen and oxygen atoms in total. The molecule has 0 aliphatic carbocycles. The minimum Gasteiger partial charge on any atom is -1.00 e. The number of imidazole rings is 1. The van der Waals surface area contributed by atoms with Gasteiger partial charge in [-0.2, -0.15) is 22.4 Å². The number of aromatic nitrogens is 8. The van der Waals surface area contributed by atoms with Crippen molar-refractivity contribution in [2.24, 2.45) is 11.8 Å². The fourth-order valence-corrected chi connectivity index (χ4v) is 7.42. The third kappa shape index (κ3) is 9.96. The Morgan fingerprint density at radius 2 is 1.81 bits per heavy atom. The van der Waals surface area contributed by atoms with Crippen LogP contribution in [-0.4, -0.2) is 59.3 Å². The van der Waals surface area contributed by atoms with Crippen molar-refractivity contribution in [1.82, 2.24) is 34.6 Å². The van der Waals surface area contributed by atoms with E-state index in [1.54, 1.807) is 0 Å². The van der Waals surface area contributed by atoms with Crippen LogP contribution < -0.4 is 21.5 Å². The van der Waals surface area contributed by atoms with Crippen LogP contribution in [0.15, 0.2) is 31.1 Å². The summed E-state index contributed by atoms with van der Waals surface area (Å²) in [5.74, 6) is 1.10. The smallest absolute Gasteiger partial charge is 0.244 e. The molecule has 3 heterocycles. The van der Waals surface area contributed by atoms with Crippen molar-refractivity contribution in [2.45, 2.75) is 40.0 Å². The molecule has 0 N–H and O–H groups in total. The summed E-state index contributed by atoms with van der Waals surface area (Å²) in [6.45, 7) is 7.62. The van der Waals surface area contributed by atoms with Crippen LogP contribution in [0.2, 0.25) is 0 Å². The van der Waals surface area contributed by atoms with E-state index in [4.69, 9.17) is 7.57 Å². The van der Waals surface area contributed by atoms with Crippen LogP contribution in [0.1, 0.15) is 25.2 Å². The van der Waals surface area contributed by atoms with E-state index in [1.165, 1.54) is 6.16 Å². The summed E-state index contributed by atoms with van der Waals surface area (Å²) in [4.78, 5) is 2.21. The summed E-state index contributed by atoms with van der Waals surface area (Å²) >= 11 is 4.64. The zero-order valence-electron chi connectivity index (χ0n) is 18.1. The van der Waals surface area contributed by atoms with Gasteiger partial charge in [-0.25, -0.2) is 9.13 Å². The number of hydrogen-bond donors (Lipinski definition) is 0. The van der Waals surface area contributed by atoms with Gasteiger partial charge in [0, 0.05) is 13.1 Å². The van der Waals surface area contributed by atoms with Crippen molar-refractivity contribution in [2.75, 3.05) is 12.3 Å². The van der Waals surface area contributed by atoms with E-state index >= 15 is 0 Å². The largest absolute Gasteiger partial charge is 1.00 e. The average molecular weight is 760 g/mol. The summed E-state index contributed by atoms with van der Waals surface area (Å²) in [7, 11) is 6.84. The zero-order valence-corrected chi connectivity index (χ0v) is 25.9. The van der Waals surface area contributed by atoms with Gasteiger partial charge in [-0.15, -0.1) is 18.7 Å². The molecule has 15 heteroatoms. The first-order chi connectivity index (χ1) is 14.9. The third-order valence-electron chi connectivity index (χ3n) is 4.63. The Labute approximate surface area is 231 Å². The highest BCUT2D eigenvalue weighted by atomic mass is 127. The molecule has 32 heavy (non-hydrogen) atoms. The van der Waals surface area contributed by atoms with Crippen LogP contribution in [0.4, 0.5) is 0 Å². The van der Waals surface area contributed by atoms with Crippen molar-refractivity contribution < 1.29 is 21.5 Å². The van der Waals surface area contributed by atoms with Crippen LogP contribution >= 0.6 is 58.3 Å². The molecule has 4 unspecified atom stereocenters. The molecule has 0 saturated heterocycles. The molecule has 0 aliphatic rings. The Morgan fingerprint density at radius 3 is 2.50 bits per heavy atom. The van der Waals surface area contributed by atoms with Crippen molar-refractivity contribution >= 4 is 70.7 Å². The van der Waals surface area contributed by atoms with Crippen LogP contribution in [0.3, 0.4) is 0 Å². The zero-order chi connectivity index (χ0) is 22.2. The summed E-state index contributed by atoms with van der Waals surface area (Å²) < 4.78 is 8.10. The fraction of sp³-hybridized carbons (Fsp3) is 0.588. The predicted molar refractivity (Wildman–Crippen MR) is 146 cm³/mol. The van der Waals surface area contributed by atoms with Crippen LogP contribution in [0, 0.1) is 11.8 Å². The Hall–Kier alpha value is 0.420. The predicted octanol–water partition coefficient (Wildman–Crippen LogP) is -0.105. The highest BCUT2D eigenvalue weighted by molar-refractivity contribution is 14.2. The lowest BCUT2D eigenvalue weighted by Gasteiger charge is -2.12. The monoisotopic (exact) mass is 759 g/mol. The molecule has 0 aromatic carbocycles. The summed E-state index contributed by atoms with van der Waals surface area (Å²) in [6, 6.07) is 0. The molecule has 3 aromatic rings. The Bertz CT molecular complexity index is 941. The van der Waals surface area contributed by atoms with Crippen molar-refractivity contribution in [1.29, 1.82) is 0 Å². The number of hydrogen-bond acceptors (Lipinski definition) is 4. The number of rotatable bonds is 13. The molecule has 0 saturated carbocycles. The quantitative estimate of drug-likeness (QED) is 0.106. The number of nitrogens with zero attached hydrogens (tertiary/aromatic N) is 8. The Kier molecular flexibility index (Phi) is 13.2. The van der Waals surface area contributed by atoms with Gasteiger partial charge in [0.2, 0.25) is 11.2 Å². The highest BCUT2D eigenvalue weighted by Crippen LogP contribution is 2.41. The second kappa shape index (κ2) is 14.7. The van der Waals surface area contributed by atoms with Gasteiger partial charge >= 0.3 is 0 Å². The maximum Gasteiger partial charge on any atom is 0.244 e. The summed E-state index contributed by atoms with van der Waals surface area (Å²) in [5, 5.41) is 17.2. The lowest BCUT2D eigenvalue weighted by molar-refractivity contribution is -0.688. The molecular weight excluding hydrogens is 734 g/mol. The second-order valence-electron chi connectivity index (χ2n) is 7.93. The van der Waals surface area contributed by atoms with E-state index in [1.807, 2.05) is 28.0 Å². The minimum atomic E-state index is -0.404. The second-order valence-corrected chi connectivity index (χ2v) is 15.7. The van der Waals surface area contributed by atoms with E-state index in [-0.39, 0.29) is 17.0 Å². The van der Waals surface area contributed by atoms with Crippen molar-refractivity contribution in [3.63, 3.8) is 0 Å². The van der Waals surface area contributed by atoms with Gasteiger partial charge in [-0.3, -0.25) is 9.36 Å². The summed E-state index contributed by atoms with van der Waals surface area (Å²) in [5.41, 5.74) is 1.51. The van der Waals surface area contributed by atoms with Crippen LogP contribution in [0.25, 0.3) is 0 Å². The van der Waals surface area contributed by atoms with E-state index in [0.717, 1.165) is 39.1 Å². The first kappa shape index (κ1) is 28.7. The molecule has 3 aromatic heterocycles. The van der Waals surface area contributed by atoms with Gasteiger partial charge in [0.15, 0.2) is 0 Å². The molecule has 3 radical (unpaired) electrons. The van der Waals surface area contributed by atoms with Crippen molar-refractivity contribution in [3.8, 4) is 0 Å². The topological polar surface area (TPSA) is 70.2 Å². The van der Waals surface area contributed by atoms with E-state index in [2.05, 4.69) is 105 Å². The molecule has 0 aliphatic heterocycles. The van der Waals surface area contributed by atoms with Gasteiger partial charge in [-0.05, 0) is 24.2 Å². The van der Waals surface area contributed by atoms with Gasteiger partial charge in [0.25, 0.3) is 0 Å². The van der Waals surface area contributed by atoms with Gasteiger partial charge in [-0.1, -0.05) is 51.8 Å². The van der Waals surface area contributed by atoms with Gasteiger partial charge in [0.05, 0.1) is 12.4 Å². The Morgan fingerprint density at radius 1 is 1.16 bits per heavy atom. The molecule has 0 spiro atoms. The molecular formula is C17H26B2BrI2N8P2. The molecule has 0 fully saturated rings. The van der Waals surface area contributed by atoms with Crippen LogP contribution in [-0.2, 0) is 26.2 Å². The van der Waals surface area contributed by atoms with E-state index in [9.17, 15) is 0 Å².